The maximum atomic E-state index is 10.0. The van der Waals surface area contributed by atoms with E-state index < -0.39 is 17.4 Å². The maximum absolute atomic E-state index is 10.0. The first-order valence-corrected chi connectivity index (χ1v) is 2.61. The Morgan fingerprint density at radius 2 is 2.25 bits per heavy atom. The molecule has 3 nitrogen and oxygen atoms in total. The fourth-order valence-corrected chi connectivity index (χ4v) is 0.351. The molecule has 0 saturated carbocycles. The van der Waals surface area contributed by atoms with Gasteiger partial charge in [0.25, 0.3) is 0 Å². The third kappa shape index (κ3) is 2.14. The summed E-state index contributed by atoms with van der Waals surface area (Å²) in [4.78, 5) is 10.0. The second-order valence-corrected chi connectivity index (χ2v) is 2.21. The number of alkyl halides is 1. The van der Waals surface area contributed by atoms with Crippen LogP contribution in [0.3, 0.4) is 0 Å². The molecule has 2 atom stereocenters. The van der Waals surface area contributed by atoms with Crippen LogP contribution in [0.25, 0.3) is 0 Å². The Hall–Kier alpha value is -0.280. The predicted molar refractivity (Wildman–Crippen MR) is 30.5 cm³/mol. The van der Waals surface area contributed by atoms with Crippen LogP contribution in [0, 0.1) is 0 Å². The van der Waals surface area contributed by atoms with Gasteiger partial charge in [-0.2, -0.15) is 0 Å². The number of hydrogen-bond acceptors (Lipinski definition) is 2. The van der Waals surface area contributed by atoms with Crippen molar-refractivity contribution < 1.29 is 9.90 Å². The number of carbonyl (C=O) groups is 1. The van der Waals surface area contributed by atoms with Crippen molar-refractivity contribution in [3.8, 4) is 0 Å². The zero-order valence-corrected chi connectivity index (χ0v) is 5.22. The van der Waals surface area contributed by atoms with Gasteiger partial charge in [0.15, 0.2) is 0 Å². The summed E-state index contributed by atoms with van der Waals surface area (Å²) >= 11 is 5.27. The number of carbonyl (C=O) groups excluding carboxylic acids is 1. The van der Waals surface area contributed by atoms with Crippen LogP contribution in [0.4, 0.5) is 0 Å². The van der Waals surface area contributed by atoms with Crippen molar-refractivity contribution in [1.82, 2.24) is 0 Å². The van der Waals surface area contributed by atoms with Crippen molar-refractivity contribution in [2.24, 2.45) is 5.73 Å². The van der Waals surface area contributed by atoms with Gasteiger partial charge >= 0.3 is 0 Å². The molecule has 0 saturated heterocycles. The molecule has 0 aliphatic carbocycles. The Bertz CT molecular complexity index is 94.0. The number of rotatable bonds is 2. The smallest absolute Gasteiger partial charge is 0.247 e. The molecule has 0 aliphatic rings. The lowest BCUT2D eigenvalue weighted by Gasteiger charge is -2.05. The van der Waals surface area contributed by atoms with E-state index in [4.69, 9.17) is 16.7 Å². The third-order valence-corrected chi connectivity index (χ3v) is 0.965. The minimum atomic E-state index is -1.23. The quantitative estimate of drug-likeness (QED) is 0.502. The standard InChI is InChI=1S/C4H8ClNO2/c1-2(5)3(7)4(6)8/h2-3,7H,1H3,(H2,6,8)/t2-,3+/m1/s1. The van der Waals surface area contributed by atoms with Gasteiger partial charge < -0.3 is 10.8 Å². The van der Waals surface area contributed by atoms with Gasteiger partial charge in [-0.3, -0.25) is 4.79 Å². The summed E-state index contributed by atoms with van der Waals surface area (Å²) in [5.41, 5.74) is 4.66. The van der Waals surface area contributed by atoms with E-state index in [1.165, 1.54) is 6.92 Å². The van der Waals surface area contributed by atoms with Gasteiger partial charge in [-0.25, -0.2) is 0 Å². The van der Waals surface area contributed by atoms with Gasteiger partial charge in [-0.15, -0.1) is 11.6 Å². The largest absolute Gasteiger partial charge is 0.382 e. The number of aliphatic hydroxyl groups is 1. The first-order chi connectivity index (χ1) is 3.55. The van der Waals surface area contributed by atoms with Gasteiger partial charge in [0.1, 0.15) is 6.10 Å². The van der Waals surface area contributed by atoms with E-state index in [1.807, 2.05) is 0 Å². The predicted octanol–water partition coefficient (Wildman–Crippen LogP) is -0.540. The summed E-state index contributed by atoms with van der Waals surface area (Å²) in [5, 5.41) is 7.99. The molecule has 0 aliphatic heterocycles. The molecule has 0 rings (SSSR count). The first kappa shape index (κ1) is 7.72. The Labute approximate surface area is 52.4 Å². The monoisotopic (exact) mass is 137 g/mol. The molecule has 3 N–H and O–H groups in total. The molecule has 48 valence electrons. The molecule has 0 radical (unpaired) electrons. The second kappa shape index (κ2) is 2.89. The van der Waals surface area contributed by atoms with E-state index in [0.29, 0.717) is 0 Å². The van der Waals surface area contributed by atoms with Gasteiger partial charge in [0, 0.05) is 0 Å². The lowest BCUT2D eigenvalue weighted by molar-refractivity contribution is -0.125. The highest BCUT2D eigenvalue weighted by Gasteiger charge is 2.15. The van der Waals surface area contributed by atoms with Crippen molar-refractivity contribution >= 4 is 17.5 Å². The van der Waals surface area contributed by atoms with Gasteiger partial charge in [0.05, 0.1) is 5.38 Å². The number of nitrogens with two attached hydrogens (primary N) is 1. The molecular formula is C4H8ClNO2. The molecule has 0 aromatic carbocycles. The highest BCUT2D eigenvalue weighted by atomic mass is 35.5. The Balaban J connectivity index is 3.64. The van der Waals surface area contributed by atoms with E-state index >= 15 is 0 Å². The molecule has 0 aromatic rings. The van der Waals surface area contributed by atoms with Crippen molar-refractivity contribution in [1.29, 1.82) is 0 Å². The van der Waals surface area contributed by atoms with Crippen molar-refractivity contribution in [2.75, 3.05) is 0 Å². The van der Waals surface area contributed by atoms with Gasteiger partial charge in [0.2, 0.25) is 5.91 Å². The van der Waals surface area contributed by atoms with Crippen LogP contribution in [0.15, 0.2) is 0 Å². The van der Waals surface area contributed by atoms with Crippen LogP contribution < -0.4 is 5.73 Å². The van der Waals surface area contributed by atoms with E-state index in [1.54, 1.807) is 0 Å². The fourth-order valence-electron chi connectivity index (χ4n) is 0.226. The summed E-state index contributed by atoms with van der Waals surface area (Å²) in [6.45, 7) is 1.50. The van der Waals surface area contributed by atoms with Gasteiger partial charge in [-0.1, -0.05) is 0 Å². The Morgan fingerprint density at radius 3 is 2.25 bits per heavy atom. The van der Waals surface area contributed by atoms with Gasteiger partial charge in [-0.05, 0) is 6.92 Å². The third-order valence-electron chi connectivity index (χ3n) is 0.727. The molecule has 0 aromatic heterocycles. The highest BCUT2D eigenvalue weighted by molar-refractivity contribution is 6.22. The molecule has 0 unspecified atom stereocenters. The molecule has 4 heteroatoms. The van der Waals surface area contributed by atoms with Crippen LogP contribution in [0.5, 0.6) is 0 Å². The molecule has 0 fully saturated rings. The van der Waals surface area contributed by atoms with E-state index in [2.05, 4.69) is 5.73 Å². The van der Waals surface area contributed by atoms with Crippen LogP contribution in [0.2, 0.25) is 0 Å². The number of hydrogen-bond donors (Lipinski definition) is 2. The second-order valence-electron chi connectivity index (χ2n) is 1.52. The molecule has 8 heavy (non-hydrogen) atoms. The maximum Gasteiger partial charge on any atom is 0.247 e. The average Bonchev–Trinajstić information content (AvgIpc) is 1.64. The zero-order valence-electron chi connectivity index (χ0n) is 4.47. The topological polar surface area (TPSA) is 63.3 Å². The fraction of sp³-hybridized carbons (Fsp3) is 0.750. The summed E-state index contributed by atoms with van der Waals surface area (Å²) in [6, 6.07) is 0. The van der Waals surface area contributed by atoms with E-state index in [9.17, 15) is 4.79 Å². The minimum absolute atomic E-state index is 0.604. The van der Waals surface area contributed by atoms with Crippen molar-refractivity contribution in [2.45, 2.75) is 18.4 Å². The summed E-state index contributed by atoms with van der Waals surface area (Å²) < 4.78 is 0. The average molecular weight is 138 g/mol. The zero-order chi connectivity index (χ0) is 6.73. The van der Waals surface area contributed by atoms with Crippen LogP contribution in [-0.2, 0) is 4.79 Å². The Kier molecular flexibility index (Phi) is 2.79. The first-order valence-electron chi connectivity index (χ1n) is 2.17. The molecular weight excluding hydrogens is 130 g/mol. The molecule has 0 bridgehead atoms. The lowest BCUT2D eigenvalue weighted by atomic mass is 10.3. The molecule has 0 heterocycles. The van der Waals surface area contributed by atoms with Crippen LogP contribution in [-0.4, -0.2) is 22.5 Å². The normalized spacial score (nSPS) is 17.4. The SMILES string of the molecule is C[C@@H](Cl)[C@H](O)C(N)=O. The molecule has 1 amide bonds. The number of halogens is 1. The molecule has 0 spiro atoms. The van der Waals surface area contributed by atoms with Crippen molar-refractivity contribution in [3.63, 3.8) is 0 Å². The van der Waals surface area contributed by atoms with E-state index in [0.717, 1.165) is 0 Å². The summed E-state index contributed by atoms with van der Waals surface area (Å²) in [6.07, 6.45) is -1.23. The minimum Gasteiger partial charge on any atom is -0.382 e. The number of aliphatic hydroxyl groups excluding tert-OH is 1. The van der Waals surface area contributed by atoms with Crippen LogP contribution in [0.1, 0.15) is 6.92 Å². The summed E-state index contributed by atoms with van der Waals surface area (Å²) in [5.74, 6) is -0.785. The highest BCUT2D eigenvalue weighted by Crippen LogP contribution is 1.98. The van der Waals surface area contributed by atoms with Crippen molar-refractivity contribution in [3.05, 3.63) is 0 Å². The van der Waals surface area contributed by atoms with Crippen LogP contribution >= 0.6 is 11.6 Å². The lowest BCUT2D eigenvalue weighted by Crippen LogP contribution is -2.34. The number of amides is 1. The Morgan fingerprint density at radius 1 is 1.88 bits per heavy atom. The van der Waals surface area contributed by atoms with E-state index in [-0.39, 0.29) is 0 Å². The number of primary amides is 1. The summed E-state index contributed by atoms with van der Waals surface area (Å²) in [7, 11) is 0.